The number of alkyl halides is 3. The van der Waals surface area contributed by atoms with Crippen molar-refractivity contribution in [2.75, 3.05) is 0 Å². The van der Waals surface area contributed by atoms with Crippen LogP contribution < -0.4 is 11.3 Å². The molecule has 112 valence electrons. The third-order valence-corrected chi connectivity index (χ3v) is 3.67. The van der Waals surface area contributed by atoms with Gasteiger partial charge in [0.05, 0.1) is 11.6 Å². The first-order valence-corrected chi connectivity index (χ1v) is 6.60. The minimum absolute atomic E-state index is 0.426. The van der Waals surface area contributed by atoms with Crippen LogP contribution in [0.5, 0.6) is 0 Å². The molecular formula is C15H14ClF3N2. The van der Waals surface area contributed by atoms with Crippen LogP contribution in [0.1, 0.15) is 28.3 Å². The molecule has 0 radical (unpaired) electrons. The molecule has 0 saturated heterocycles. The van der Waals surface area contributed by atoms with E-state index < -0.39 is 17.8 Å². The predicted molar refractivity (Wildman–Crippen MR) is 76.8 cm³/mol. The van der Waals surface area contributed by atoms with E-state index in [1.807, 2.05) is 19.1 Å². The normalized spacial score (nSPS) is 13.2. The molecule has 0 aliphatic rings. The second-order valence-corrected chi connectivity index (χ2v) is 5.14. The van der Waals surface area contributed by atoms with Crippen LogP contribution in [0.3, 0.4) is 0 Å². The van der Waals surface area contributed by atoms with Gasteiger partial charge in [-0.05, 0) is 41.8 Å². The predicted octanol–water partition coefficient (Wildman–Crippen LogP) is 4.22. The molecule has 0 heterocycles. The molecule has 0 saturated carbocycles. The van der Waals surface area contributed by atoms with Crippen LogP contribution in [0.15, 0.2) is 42.5 Å². The van der Waals surface area contributed by atoms with E-state index in [1.54, 1.807) is 6.07 Å². The van der Waals surface area contributed by atoms with Crippen molar-refractivity contribution in [3.05, 3.63) is 69.7 Å². The van der Waals surface area contributed by atoms with Crippen LogP contribution in [-0.2, 0) is 6.18 Å². The highest BCUT2D eigenvalue weighted by atomic mass is 35.5. The van der Waals surface area contributed by atoms with Crippen molar-refractivity contribution in [1.29, 1.82) is 0 Å². The van der Waals surface area contributed by atoms with Crippen LogP contribution in [-0.4, -0.2) is 0 Å². The summed E-state index contributed by atoms with van der Waals surface area (Å²) in [5.41, 5.74) is 4.24. The minimum atomic E-state index is -4.35. The Morgan fingerprint density at radius 3 is 2.10 bits per heavy atom. The Morgan fingerprint density at radius 2 is 1.62 bits per heavy atom. The number of rotatable bonds is 3. The van der Waals surface area contributed by atoms with Gasteiger partial charge < -0.3 is 0 Å². The van der Waals surface area contributed by atoms with Crippen molar-refractivity contribution in [2.45, 2.75) is 19.1 Å². The van der Waals surface area contributed by atoms with E-state index in [0.717, 1.165) is 23.3 Å². The van der Waals surface area contributed by atoms with Crippen LogP contribution >= 0.6 is 11.6 Å². The Balaban J connectivity index is 2.35. The lowest BCUT2D eigenvalue weighted by atomic mass is 9.97. The van der Waals surface area contributed by atoms with Gasteiger partial charge in [-0.1, -0.05) is 35.9 Å². The summed E-state index contributed by atoms with van der Waals surface area (Å²) in [4.78, 5) is 0. The largest absolute Gasteiger partial charge is 0.416 e. The molecule has 0 aromatic heterocycles. The summed E-state index contributed by atoms with van der Waals surface area (Å²) in [5.74, 6) is 5.53. The van der Waals surface area contributed by atoms with E-state index in [1.165, 1.54) is 12.1 Å². The quantitative estimate of drug-likeness (QED) is 0.657. The zero-order valence-corrected chi connectivity index (χ0v) is 12.0. The molecule has 6 heteroatoms. The first-order valence-electron chi connectivity index (χ1n) is 6.22. The first-order chi connectivity index (χ1) is 9.82. The highest BCUT2D eigenvalue weighted by Gasteiger charge is 2.30. The maximum atomic E-state index is 12.6. The van der Waals surface area contributed by atoms with Gasteiger partial charge in [0.1, 0.15) is 0 Å². The molecule has 0 aliphatic carbocycles. The fraction of sp³-hybridized carbons (Fsp3) is 0.200. The summed E-state index contributed by atoms with van der Waals surface area (Å²) in [7, 11) is 0. The van der Waals surface area contributed by atoms with Crippen molar-refractivity contribution < 1.29 is 13.2 Å². The Hall–Kier alpha value is -1.56. The van der Waals surface area contributed by atoms with Gasteiger partial charge in [0, 0.05) is 5.02 Å². The number of hydrogen-bond acceptors (Lipinski definition) is 2. The molecule has 2 aromatic rings. The topological polar surface area (TPSA) is 38.0 Å². The number of halogens is 4. The number of hydrazine groups is 1. The number of hydrogen-bond donors (Lipinski definition) is 2. The maximum absolute atomic E-state index is 12.6. The van der Waals surface area contributed by atoms with Gasteiger partial charge in [-0.2, -0.15) is 13.2 Å². The SMILES string of the molecule is Cc1ccc(C(NN)c2ccc(C(F)(F)F)cc2)cc1Cl. The Labute approximate surface area is 125 Å². The average Bonchev–Trinajstić information content (AvgIpc) is 2.43. The lowest BCUT2D eigenvalue weighted by molar-refractivity contribution is -0.137. The lowest BCUT2D eigenvalue weighted by Gasteiger charge is -2.18. The third kappa shape index (κ3) is 3.56. The van der Waals surface area contributed by atoms with Crippen molar-refractivity contribution in [2.24, 2.45) is 5.84 Å². The molecular weight excluding hydrogens is 301 g/mol. The molecule has 0 spiro atoms. The molecule has 2 rings (SSSR count). The van der Waals surface area contributed by atoms with Crippen molar-refractivity contribution in [3.63, 3.8) is 0 Å². The van der Waals surface area contributed by atoms with Crippen molar-refractivity contribution >= 4 is 11.6 Å². The molecule has 2 aromatic carbocycles. The highest BCUT2D eigenvalue weighted by Crippen LogP contribution is 2.31. The van der Waals surface area contributed by atoms with Gasteiger partial charge in [0.15, 0.2) is 0 Å². The summed E-state index contributed by atoms with van der Waals surface area (Å²) in [6, 6.07) is 9.88. The Kier molecular flexibility index (Phi) is 4.56. The van der Waals surface area contributed by atoms with E-state index in [9.17, 15) is 13.2 Å². The second-order valence-electron chi connectivity index (χ2n) is 4.73. The molecule has 1 atom stereocenters. The minimum Gasteiger partial charge on any atom is -0.271 e. The third-order valence-electron chi connectivity index (χ3n) is 3.27. The summed E-state index contributed by atoms with van der Waals surface area (Å²) < 4.78 is 37.7. The second kappa shape index (κ2) is 6.05. The van der Waals surface area contributed by atoms with Crippen molar-refractivity contribution in [3.8, 4) is 0 Å². The van der Waals surface area contributed by atoms with Gasteiger partial charge >= 0.3 is 6.18 Å². The smallest absolute Gasteiger partial charge is 0.271 e. The maximum Gasteiger partial charge on any atom is 0.416 e. The van der Waals surface area contributed by atoms with E-state index >= 15 is 0 Å². The van der Waals surface area contributed by atoms with Crippen molar-refractivity contribution in [1.82, 2.24) is 5.43 Å². The number of nitrogens with two attached hydrogens (primary N) is 1. The van der Waals surface area contributed by atoms with Gasteiger partial charge in [-0.25, -0.2) is 5.43 Å². The van der Waals surface area contributed by atoms with Gasteiger partial charge in [0.2, 0.25) is 0 Å². The Morgan fingerprint density at radius 1 is 1.05 bits per heavy atom. The monoisotopic (exact) mass is 314 g/mol. The molecule has 0 amide bonds. The fourth-order valence-corrected chi connectivity index (χ4v) is 2.23. The molecule has 0 fully saturated rings. The molecule has 21 heavy (non-hydrogen) atoms. The number of nitrogens with one attached hydrogen (secondary N) is 1. The first kappa shape index (κ1) is 15.8. The van der Waals surface area contributed by atoms with Gasteiger partial charge in [-0.15, -0.1) is 0 Å². The molecule has 3 N–H and O–H groups in total. The van der Waals surface area contributed by atoms with Gasteiger partial charge in [0.25, 0.3) is 0 Å². The zero-order chi connectivity index (χ0) is 15.6. The van der Waals surface area contributed by atoms with Crippen LogP contribution in [0, 0.1) is 6.92 Å². The lowest BCUT2D eigenvalue weighted by Crippen LogP contribution is -2.28. The summed E-state index contributed by atoms with van der Waals surface area (Å²) in [5, 5.41) is 0.583. The Bertz CT molecular complexity index is 624. The molecule has 1 unspecified atom stereocenters. The van der Waals surface area contributed by atoms with E-state index in [4.69, 9.17) is 17.4 Å². The molecule has 0 aliphatic heterocycles. The number of aryl methyl sites for hydroxylation is 1. The molecule has 0 bridgehead atoms. The standard InChI is InChI=1S/C15H14ClF3N2/c1-9-2-3-11(8-13(9)16)14(21-20)10-4-6-12(7-5-10)15(17,18)19/h2-8,14,21H,20H2,1H3. The van der Waals surface area contributed by atoms with Crippen LogP contribution in [0.25, 0.3) is 0 Å². The highest BCUT2D eigenvalue weighted by molar-refractivity contribution is 6.31. The number of benzene rings is 2. The zero-order valence-electron chi connectivity index (χ0n) is 11.2. The average molecular weight is 315 g/mol. The van der Waals surface area contributed by atoms with Crippen LogP contribution in [0.4, 0.5) is 13.2 Å². The fourth-order valence-electron chi connectivity index (χ4n) is 2.04. The van der Waals surface area contributed by atoms with E-state index in [2.05, 4.69) is 5.43 Å². The van der Waals surface area contributed by atoms with E-state index in [0.29, 0.717) is 10.6 Å². The van der Waals surface area contributed by atoms with E-state index in [-0.39, 0.29) is 0 Å². The summed E-state index contributed by atoms with van der Waals surface area (Å²) in [6.07, 6.45) is -4.35. The van der Waals surface area contributed by atoms with Crippen LogP contribution in [0.2, 0.25) is 5.02 Å². The summed E-state index contributed by atoms with van der Waals surface area (Å²) >= 11 is 6.07. The summed E-state index contributed by atoms with van der Waals surface area (Å²) in [6.45, 7) is 1.87. The van der Waals surface area contributed by atoms with Gasteiger partial charge in [-0.3, -0.25) is 5.84 Å². The molecule has 2 nitrogen and oxygen atoms in total.